The van der Waals surface area contributed by atoms with Gasteiger partial charge in [-0.25, -0.2) is 17.6 Å². The fraction of sp³-hybridized carbons (Fsp3) is 0.391. The average molecular weight is 463 g/mol. The van der Waals surface area contributed by atoms with E-state index < -0.39 is 28.4 Å². The summed E-state index contributed by atoms with van der Waals surface area (Å²) in [6.45, 7) is 1.01. The molecule has 0 bridgehead atoms. The molecule has 7 nitrogen and oxygen atoms in total. The number of hydrogen-bond acceptors (Lipinski definition) is 5. The predicted octanol–water partition coefficient (Wildman–Crippen LogP) is 3.93. The van der Waals surface area contributed by atoms with Crippen molar-refractivity contribution in [3.05, 3.63) is 59.4 Å². The van der Waals surface area contributed by atoms with E-state index in [0.717, 1.165) is 50.7 Å². The van der Waals surface area contributed by atoms with Crippen molar-refractivity contribution in [1.82, 2.24) is 5.32 Å². The van der Waals surface area contributed by atoms with Crippen LogP contribution in [-0.2, 0) is 19.6 Å². The molecule has 2 aromatic rings. The SMILES string of the molecule is Cc1cc(S(=O)(=O)Nc2ccccc2C(=O)OCC(=O)NC2CCCCCC2)ccc1F. The van der Waals surface area contributed by atoms with Gasteiger partial charge in [0.2, 0.25) is 0 Å². The van der Waals surface area contributed by atoms with E-state index >= 15 is 0 Å². The van der Waals surface area contributed by atoms with Crippen LogP contribution in [0.2, 0.25) is 0 Å². The van der Waals surface area contributed by atoms with Crippen LogP contribution in [0.5, 0.6) is 0 Å². The summed E-state index contributed by atoms with van der Waals surface area (Å²) < 4.78 is 46.4. The molecule has 0 unspecified atom stereocenters. The molecule has 0 atom stereocenters. The van der Waals surface area contributed by atoms with Crippen LogP contribution in [0.1, 0.15) is 54.4 Å². The maximum absolute atomic E-state index is 13.5. The zero-order valence-corrected chi connectivity index (χ0v) is 18.7. The van der Waals surface area contributed by atoms with E-state index in [1.54, 1.807) is 12.1 Å². The highest BCUT2D eigenvalue weighted by Gasteiger charge is 2.21. The molecule has 0 radical (unpaired) electrons. The smallest absolute Gasteiger partial charge is 0.340 e. The van der Waals surface area contributed by atoms with Gasteiger partial charge in [0.05, 0.1) is 16.1 Å². The van der Waals surface area contributed by atoms with Gasteiger partial charge in [0.15, 0.2) is 6.61 Å². The lowest BCUT2D eigenvalue weighted by Gasteiger charge is -2.16. The summed E-state index contributed by atoms with van der Waals surface area (Å²) in [6, 6.07) is 9.43. The number of anilines is 1. The Morgan fingerprint density at radius 2 is 1.75 bits per heavy atom. The lowest BCUT2D eigenvalue weighted by Crippen LogP contribution is -2.37. The molecular formula is C23H27FN2O5S. The second kappa shape index (κ2) is 10.6. The number of hydrogen-bond donors (Lipinski definition) is 2. The van der Waals surface area contributed by atoms with Crippen LogP contribution in [-0.4, -0.2) is 32.9 Å². The van der Waals surface area contributed by atoms with Gasteiger partial charge in [0.25, 0.3) is 15.9 Å². The van der Waals surface area contributed by atoms with Crippen molar-refractivity contribution in [3.63, 3.8) is 0 Å². The van der Waals surface area contributed by atoms with E-state index in [1.807, 2.05) is 0 Å². The normalized spacial score (nSPS) is 14.9. The highest BCUT2D eigenvalue weighted by atomic mass is 32.2. The van der Waals surface area contributed by atoms with Crippen molar-refractivity contribution in [3.8, 4) is 0 Å². The first kappa shape index (κ1) is 23.7. The Kier molecular flexibility index (Phi) is 7.84. The lowest BCUT2D eigenvalue weighted by atomic mass is 10.1. The zero-order valence-electron chi connectivity index (χ0n) is 17.9. The van der Waals surface area contributed by atoms with Crippen molar-refractivity contribution in [2.45, 2.75) is 56.4 Å². The van der Waals surface area contributed by atoms with E-state index in [1.165, 1.54) is 25.1 Å². The largest absolute Gasteiger partial charge is 0.452 e. The highest BCUT2D eigenvalue weighted by Crippen LogP contribution is 2.22. The van der Waals surface area contributed by atoms with Gasteiger partial charge < -0.3 is 10.1 Å². The van der Waals surface area contributed by atoms with Crippen molar-refractivity contribution < 1.29 is 27.1 Å². The zero-order chi connectivity index (χ0) is 23.1. The molecule has 0 spiro atoms. The fourth-order valence-electron chi connectivity index (χ4n) is 3.64. The van der Waals surface area contributed by atoms with Gasteiger partial charge in [-0.15, -0.1) is 0 Å². The van der Waals surface area contributed by atoms with Crippen LogP contribution >= 0.6 is 0 Å². The standard InChI is InChI=1S/C23H27FN2O5S/c1-16-14-18(12-13-20(16)24)32(29,30)26-21-11-7-6-10-19(21)23(28)31-15-22(27)25-17-8-4-2-3-5-9-17/h6-7,10-14,17,26H,2-5,8-9,15H2,1H3,(H,25,27). The Labute approximate surface area is 187 Å². The van der Waals surface area contributed by atoms with Crippen LogP contribution in [0.25, 0.3) is 0 Å². The number of carbonyl (C=O) groups excluding carboxylic acids is 2. The number of para-hydroxylation sites is 1. The Balaban J connectivity index is 1.65. The number of carbonyl (C=O) groups is 2. The molecule has 0 saturated heterocycles. The molecule has 2 N–H and O–H groups in total. The van der Waals surface area contributed by atoms with Gasteiger partial charge in [-0.3, -0.25) is 9.52 Å². The molecule has 1 aliphatic rings. The van der Waals surface area contributed by atoms with Gasteiger partial charge in [0, 0.05) is 6.04 Å². The highest BCUT2D eigenvalue weighted by molar-refractivity contribution is 7.92. The predicted molar refractivity (Wildman–Crippen MR) is 118 cm³/mol. The molecule has 1 fully saturated rings. The molecule has 1 aliphatic carbocycles. The average Bonchev–Trinajstić information content (AvgIpc) is 3.02. The molecule has 32 heavy (non-hydrogen) atoms. The number of nitrogens with one attached hydrogen (secondary N) is 2. The number of halogens is 1. The molecule has 3 rings (SSSR count). The van der Waals surface area contributed by atoms with Gasteiger partial charge >= 0.3 is 5.97 Å². The monoisotopic (exact) mass is 462 g/mol. The number of esters is 1. The first-order chi connectivity index (χ1) is 15.3. The summed E-state index contributed by atoms with van der Waals surface area (Å²) >= 11 is 0. The number of rotatable bonds is 7. The van der Waals surface area contributed by atoms with Crippen LogP contribution in [0.3, 0.4) is 0 Å². The molecule has 0 heterocycles. The summed E-state index contributed by atoms with van der Waals surface area (Å²) in [5.74, 6) is -1.73. The minimum atomic E-state index is -4.07. The van der Waals surface area contributed by atoms with E-state index in [9.17, 15) is 22.4 Å². The maximum Gasteiger partial charge on any atom is 0.340 e. The fourth-order valence-corrected chi connectivity index (χ4v) is 4.80. The molecule has 0 aliphatic heterocycles. The minimum Gasteiger partial charge on any atom is -0.452 e. The van der Waals surface area contributed by atoms with E-state index in [0.29, 0.717) is 0 Å². The molecule has 1 saturated carbocycles. The van der Waals surface area contributed by atoms with Crippen molar-refractivity contribution in [2.24, 2.45) is 0 Å². The van der Waals surface area contributed by atoms with Gasteiger partial charge in [-0.05, 0) is 55.7 Å². The second-order valence-corrected chi connectivity index (χ2v) is 9.58. The Hall–Kier alpha value is -2.94. The summed E-state index contributed by atoms with van der Waals surface area (Å²) in [6.07, 6.45) is 6.26. The molecule has 2 aromatic carbocycles. The quantitative estimate of drug-likeness (QED) is 0.480. The maximum atomic E-state index is 13.5. The number of sulfonamides is 1. The number of amides is 1. The van der Waals surface area contributed by atoms with E-state index in [4.69, 9.17) is 4.74 Å². The Morgan fingerprint density at radius 3 is 2.44 bits per heavy atom. The van der Waals surface area contributed by atoms with Crippen LogP contribution < -0.4 is 10.0 Å². The molecule has 1 amide bonds. The summed E-state index contributed by atoms with van der Waals surface area (Å²) in [7, 11) is -4.07. The van der Waals surface area contributed by atoms with Gasteiger partial charge in [-0.2, -0.15) is 0 Å². The topological polar surface area (TPSA) is 102 Å². The van der Waals surface area contributed by atoms with Crippen LogP contribution in [0.15, 0.2) is 47.4 Å². The van der Waals surface area contributed by atoms with Gasteiger partial charge in [-0.1, -0.05) is 37.8 Å². The number of benzene rings is 2. The lowest BCUT2D eigenvalue weighted by molar-refractivity contribution is -0.125. The summed E-state index contributed by atoms with van der Waals surface area (Å²) in [5, 5.41) is 2.89. The van der Waals surface area contributed by atoms with Gasteiger partial charge in [0.1, 0.15) is 5.82 Å². The third kappa shape index (κ3) is 6.29. The number of ether oxygens (including phenoxy) is 1. The number of aryl methyl sites for hydroxylation is 1. The summed E-state index contributed by atoms with van der Waals surface area (Å²) in [4.78, 5) is 24.6. The summed E-state index contributed by atoms with van der Waals surface area (Å²) in [5.41, 5.74) is 0.154. The second-order valence-electron chi connectivity index (χ2n) is 7.89. The third-order valence-corrected chi connectivity index (χ3v) is 6.75. The van der Waals surface area contributed by atoms with E-state index in [-0.39, 0.29) is 33.7 Å². The first-order valence-electron chi connectivity index (χ1n) is 10.6. The van der Waals surface area contributed by atoms with Crippen LogP contribution in [0, 0.1) is 12.7 Å². The Morgan fingerprint density at radius 1 is 1.06 bits per heavy atom. The van der Waals surface area contributed by atoms with E-state index in [2.05, 4.69) is 10.0 Å². The van der Waals surface area contributed by atoms with Crippen molar-refractivity contribution in [2.75, 3.05) is 11.3 Å². The van der Waals surface area contributed by atoms with Crippen molar-refractivity contribution in [1.29, 1.82) is 0 Å². The molecular weight excluding hydrogens is 435 g/mol. The molecule has 172 valence electrons. The minimum absolute atomic E-state index is 0.00338. The third-order valence-electron chi connectivity index (χ3n) is 5.39. The first-order valence-corrected chi connectivity index (χ1v) is 12.1. The van der Waals surface area contributed by atoms with Crippen LogP contribution in [0.4, 0.5) is 10.1 Å². The molecule has 9 heteroatoms. The van der Waals surface area contributed by atoms with Crippen molar-refractivity contribution >= 4 is 27.6 Å². The Bertz CT molecular complexity index is 1080. The molecule has 0 aromatic heterocycles.